The molecule has 0 aliphatic rings. The van der Waals surface area contributed by atoms with E-state index in [4.69, 9.17) is 0 Å². The third-order valence-electron chi connectivity index (χ3n) is 3.61. The van der Waals surface area contributed by atoms with Crippen molar-refractivity contribution in [1.29, 1.82) is 0 Å². The summed E-state index contributed by atoms with van der Waals surface area (Å²) < 4.78 is 28.8. The van der Waals surface area contributed by atoms with Gasteiger partial charge < -0.3 is 9.88 Å². The Kier molecular flexibility index (Phi) is 3.38. The van der Waals surface area contributed by atoms with E-state index < -0.39 is 11.6 Å². The number of hydrogen-bond acceptors (Lipinski definition) is 4. The first-order valence-electron chi connectivity index (χ1n) is 7.16. The van der Waals surface area contributed by atoms with Crippen molar-refractivity contribution in [1.82, 2.24) is 19.5 Å². The van der Waals surface area contributed by atoms with E-state index in [-0.39, 0.29) is 5.69 Å². The zero-order valence-electron chi connectivity index (χ0n) is 12.3. The molecule has 0 unspecified atom stereocenters. The lowest BCUT2D eigenvalue weighted by molar-refractivity contribution is 0.586. The summed E-state index contributed by atoms with van der Waals surface area (Å²) in [6.45, 7) is 0. The van der Waals surface area contributed by atoms with Crippen LogP contribution in [0, 0.1) is 11.6 Å². The predicted octanol–water partition coefficient (Wildman–Crippen LogP) is 3.84. The SMILES string of the molecule is Fc1ccc(Nc2ncnc3ccc(-n4ccnc4)cc23)c(F)c1. The van der Waals surface area contributed by atoms with E-state index >= 15 is 0 Å². The molecule has 0 atom stereocenters. The minimum atomic E-state index is -0.687. The van der Waals surface area contributed by atoms with E-state index in [2.05, 4.69) is 20.3 Å². The Hall–Kier alpha value is -3.35. The highest BCUT2D eigenvalue weighted by molar-refractivity contribution is 5.92. The molecule has 2 aromatic carbocycles. The molecule has 2 aromatic heterocycles. The number of rotatable bonds is 3. The van der Waals surface area contributed by atoms with Gasteiger partial charge in [-0.1, -0.05) is 0 Å². The molecule has 0 saturated carbocycles. The quantitative estimate of drug-likeness (QED) is 0.622. The highest BCUT2D eigenvalue weighted by Gasteiger charge is 2.09. The topological polar surface area (TPSA) is 55.6 Å². The second-order valence-electron chi connectivity index (χ2n) is 5.14. The van der Waals surface area contributed by atoms with Crippen molar-refractivity contribution in [3.8, 4) is 5.69 Å². The highest BCUT2D eigenvalue weighted by Crippen LogP contribution is 2.26. The molecule has 118 valence electrons. The normalized spacial score (nSPS) is 10.9. The zero-order chi connectivity index (χ0) is 16.5. The largest absolute Gasteiger partial charge is 0.337 e. The number of nitrogens with zero attached hydrogens (tertiary/aromatic N) is 4. The summed E-state index contributed by atoms with van der Waals surface area (Å²) in [6, 6.07) is 8.96. The number of hydrogen-bond donors (Lipinski definition) is 1. The summed E-state index contributed by atoms with van der Waals surface area (Å²) in [4.78, 5) is 12.4. The first kappa shape index (κ1) is 14.3. The molecule has 4 aromatic rings. The molecule has 0 aliphatic carbocycles. The van der Waals surface area contributed by atoms with Crippen LogP contribution in [0.15, 0.2) is 61.4 Å². The minimum absolute atomic E-state index is 0.143. The van der Waals surface area contributed by atoms with Gasteiger partial charge in [0.2, 0.25) is 0 Å². The molecule has 0 bridgehead atoms. The van der Waals surface area contributed by atoms with Gasteiger partial charge in [0.05, 0.1) is 17.5 Å². The fourth-order valence-corrected chi connectivity index (χ4v) is 2.44. The molecule has 7 heteroatoms. The molecule has 24 heavy (non-hydrogen) atoms. The third-order valence-corrected chi connectivity index (χ3v) is 3.61. The van der Waals surface area contributed by atoms with Crippen LogP contribution in [0.1, 0.15) is 0 Å². The smallest absolute Gasteiger partial charge is 0.149 e. The molecule has 0 fully saturated rings. The molecular weight excluding hydrogens is 312 g/mol. The van der Waals surface area contributed by atoms with E-state index in [9.17, 15) is 8.78 Å². The summed E-state index contributed by atoms with van der Waals surface area (Å²) >= 11 is 0. The van der Waals surface area contributed by atoms with Crippen LogP contribution in [0.5, 0.6) is 0 Å². The van der Waals surface area contributed by atoms with E-state index in [1.54, 1.807) is 12.5 Å². The summed E-state index contributed by atoms with van der Waals surface area (Å²) in [5, 5.41) is 3.61. The Bertz CT molecular complexity index is 1010. The van der Waals surface area contributed by atoms with Gasteiger partial charge in [0, 0.05) is 29.5 Å². The van der Waals surface area contributed by atoms with Crippen molar-refractivity contribution < 1.29 is 8.78 Å². The number of nitrogens with one attached hydrogen (secondary N) is 1. The van der Waals surface area contributed by atoms with Crippen molar-refractivity contribution in [3.05, 3.63) is 73.1 Å². The standard InChI is InChI=1S/C17H11F2N5/c18-11-1-3-16(14(19)7-11)23-17-13-8-12(24-6-5-20-10-24)2-4-15(13)21-9-22-17/h1-10H,(H,21,22,23). The van der Waals surface area contributed by atoms with Crippen molar-refractivity contribution in [3.63, 3.8) is 0 Å². The van der Waals surface area contributed by atoms with Gasteiger partial charge in [-0.25, -0.2) is 23.7 Å². The average molecular weight is 323 g/mol. The van der Waals surface area contributed by atoms with Crippen LogP contribution in [0.25, 0.3) is 16.6 Å². The Morgan fingerprint density at radius 1 is 1.00 bits per heavy atom. The first-order chi connectivity index (χ1) is 11.7. The average Bonchev–Trinajstić information content (AvgIpc) is 3.12. The van der Waals surface area contributed by atoms with E-state index in [0.717, 1.165) is 11.8 Å². The monoisotopic (exact) mass is 323 g/mol. The van der Waals surface area contributed by atoms with Gasteiger partial charge >= 0.3 is 0 Å². The number of anilines is 2. The molecule has 1 N–H and O–H groups in total. The third kappa shape index (κ3) is 2.56. The maximum Gasteiger partial charge on any atom is 0.149 e. The second-order valence-corrected chi connectivity index (χ2v) is 5.14. The van der Waals surface area contributed by atoms with Crippen molar-refractivity contribution in [2.75, 3.05) is 5.32 Å². The summed E-state index contributed by atoms with van der Waals surface area (Å²) in [7, 11) is 0. The lowest BCUT2D eigenvalue weighted by atomic mass is 10.2. The molecule has 2 heterocycles. The molecular formula is C17H11F2N5. The van der Waals surface area contributed by atoms with Gasteiger partial charge in [0.1, 0.15) is 23.8 Å². The maximum absolute atomic E-state index is 13.9. The molecule has 0 amide bonds. The second kappa shape index (κ2) is 5.69. The van der Waals surface area contributed by atoms with E-state index in [0.29, 0.717) is 16.7 Å². The Balaban J connectivity index is 1.81. The predicted molar refractivity (Wildman–Crippen MR) is 86.3 cm³/mol. The van der Waals surface area contributed by atoms with E-state index in [1.807, 2.05) is 29.0 Å². The van der Waals surface area contributed by atoms with Gasteiger partial charge in [0.25, 0.3) is 0 Å². The van der Waals surface area contributed by atoms with Crippen molar-refractivity contribution in [2.24, 2.45) is 0 Å². The number of benzene rings is 2. The highest BCUT2D eigenvalue weighted by atomic mass is 19.1. The zero-order valence-corrected chi connectivity index (χ0v) is 12.3. The summed E-state index contributed by atoms with van der Waals surface area (Å²) in [5.74, 6) is -0.881. The number of fused-ring (bicyclic) bond motifs is 1. The molecule has 0 aliphatic heterocycles. The molecule has 0 radical (unpaired) electrons. The number of imidazole rings is 1. The van der Waals surface area contributed by atoms with Crippen LogP contribution in [-0.4, -0.2) is 19.5 Å². The van der Waals surface area contributed by atoms with Crippen molar-refractivity contribution >= 4 is 22.4 Å². The number of halogens is 2. The van der Waals surface area contributed by atoms with Gasteiger partial charge in [-0.2, -0.15) is 0 Å². The maximum atomic E-state index is 13.9. The van der Waals surface area contributed by atoms with Gasteiger partial charge in [-0.15, -0.1) is 0 Å². The Labute approximate surface area is 135 Å². The molecule has 4 rings (SSSR count). The number of aromatic nitrogens is 4. The van der Waals surface area contributed by atoms with Crippen molar-refractivity contribution in [2.45, 2.75) is 0 Å². The minimum Gasteiger partial charge on any atom is -0.337 e. The van der Waals surface area contributed by atoms with Crippen LogP contribution >= 0.6 is 0 Å². The van der Waals surface area contributed by atoms with Crippen LogP contribution < -0.4 is 5.32 Å². The van der Waals surface area contributed by atoms with Crippen LogP contribution in [0.2, 0.25) is 0 Å². The van der Waals surface area contributed by atoms with Crippen LogP contribution in [0.4, 0.5) is 20.3 Å². The fraction of sp³-hybridized carbons (Fsp3) is 0. The van der Waals surface area contributed by atoms with Gasteiger partial charge in [-0.3, -0.25) is 0 Å². The Morgan fingerprint density at radius 2 is 1.92 bits per heavy atom. The first-order valence-corrected chi connectivity index (χ1v) is 7.16. The van der Waals surface area contributed by atoms with Crippen LogP contribution in [0.3, 0.4) is 0 Å². The van der Waals surface area contributed by atoms with Gasteiger partial charge in [-0.05, 0) is 30.3 Å². The lowest BCUT2D eigenvalue weighted by Crippen LogP contribution is -1.99. The van der Waals surface area contributed by atoms with Gasteiger partial charge in [0.15, 0.2) is 0 Å². The summed E-state index contributed by atoms with van der Waals surface area (Å²) in [6.07, 6.45) is 6.57. The summed E-state index contributed by atoms with van der Waals surface area (Å²) in [5.41, 5.74) is 1.72. The fourth-order valence-electron chi connectivity index (χ4n) is 2.44. The van der Waals surface area contributed by atoms with Crippen LogP contribution in [-0.2, 0) is 0 Å². The molecule has 0 saturated heterocycles. The molecule has 5 nitrogen and oxygen atoms in total. The molecule has 0 spiro atoms. The van der Waals surface area contributed by atoms with E-state index in [1.165, 1.54) is 18.5 Å². The lowest BCUT2D eigenvalue weighted by Gasteiger charge is -2.10. The Morgan fingerprint density at radius 3 is 2.71 bits per heavy atom.